The number of carbonyl (C=O) groups excluding carboxylic acids is 1. The van der Waals surface area contributed by atoms with Crippen molar-refractivity contribution in [3.63, 3.8) is 0 Å². The van der Waals surface area contributed by atoms with E-state index in [2.05, 4.69) is 21.2 Å². The summed E-state index contributed by atoms with van der Waals surface area (Å²) in [6.07, 6.45) is 0. The van der Waals surface area contributed by atoms with Gasteiger partial charge in [0.1, 0.15) is 5.54 Å². The maximum absolute atomic E-state index is 12.0. The van der Waals surface area contributed by atoms with Crippen LogP contribution in [0.3, 0.4) is 0 Å². The summed E-state index contributed by atoms with van der Waals surface area (Å²) in [4.78, 5) is 24.2. The van der Waals surface area contributed by atoms with Gasteiger partial charge in [0.05, 0.1) is 0 Å². The molecule has 0 radical (unpaired) electrons. The molecular weight excluding hydrogens is 312 g/mol. The van der Waals surface area contributed by atoms with Crippen molar-refractivity contribution in [1.82, 2.24) is 4.90 Å². The summed E-state index contributed by atoms with van der Waals surface area (Å²) < 4.78 is 0.949. The van der Waals surface area contributed by atoms with E-state index in [1.54, 1.807) is 6.07 Å². The number of hydrogen-bond donors (Lipinski definition) is 2. The normalized spacial score (nSPS) is 11.0. The molecule has 0 aliphatic rings. The standard InChI is InChI=1S/C13H17BrN2O3/c1-8-7-9(5-6-10(8)14)15-12(19)16(4)13(2,3)11(17)18/h5-7H,1-4H3,(H,15,19)(H,17,18). The summed E-state index contributed by atoms with van der Waals surface area (Å²) in [5.74, 6) is -1.06. The first-order valence-electron chi connectivity index (χ1n) is 5.70. The van der Waals surface area contributed by atoms with Crippen LogP contribution in [-0.2, 0) is 4.79 Å². The van der Waals surface area contributed by atoms with E-state index in [0.29, 0.717) is 5.69 Å². The summed E-state index contributed by atoms with van der Waals surface area (Å²) in [6.45, 7) is 4.86. The summed E-state index contributed by atoms with van der Waals surface area (Å²) in [7, 11) is 1.45. The quantitative estimate of drug-likeness (QED) is 0.895. The fourth-order valence-electron chi connectivity index (χ4n) is 1.33. The van der Waals surface area contributed by atoms with Gasteiger partial charge in [-0.2, -0.15) is 0 Å². The highest BCUT2D eigenvalue weighted by Gasteiger charge is 2.35. The molecule has 0 saturated carbocycles. The van der Waals surface area contributed by atoms with Crippen molar-refractivity contribution in [3.05, 3.63) is 28.2 Å². The number of amides is 2. The number of aliphatic carboxylic acids is 1. The van der Waals surface area contributed by atoms with Crippen LogP contribution in [0, 0.1) is 6.92 Å². The summed E-state index contributed by atoms with van der Waals surface area (Å²) in [5, 5.41) is 11.8. The first-order chi connectivity index (χ1) is 8.66. The molecule has 2 amide bonds. The molecule has 0 bridgehead atoms. The van der Waals surface area contributed by atoms with Crippen molar-refractivity contribution in [1.29, 1.82) is 0 Å². The molecule has 0 heterocycles. The number of anilines is 1. The molecule has 0 aliphatic carbocycles. The van der Waals surface area contributed by atoms with Crippen LogP contribution in [0.15, 0.2) is 22.7 Å². The average Bonchev–Trinajstić information content (AvgIpc) is 2.32. The van der Waals surface area contributed by atoms with Gasteiger partial charge in [0.2, 0.25) is 0 Å². The Bertz CT molecular complexity index is 515. The molecule has 5 nitrogen and oxygen atoms in total. The van der Waals surface area contributed by atoms with Crippen LogP contribution in [0.5, 0.6) is 0 Å². The van der Waals surface area contributed by atoms with Gasteiger partial charge in [-0.15, -0.1) is 0 Å². The van der Waals surface area contributed by atoms with Gasteiger partial charge in [-0.3, -0.25) is 0 Å². The molecule has 0 aliphatic heterocycles. The average molecular weight is 329 g/mol. The number of likely N-dealkylation sites (N-methyl/N-ethyl adjacent to an activating group) is 1. The minimum absolute atomic E-state index is 0.464. The number of benzene rings is 1. The van der Waals surface area contributed by atoms with E-state index in [-0.39, 0.29) is 0 Å². The molecule has 0 atom stereocenters. The van der Waals surface area contributed by atoms with Crippen LogP contribution < -0.4 is 5.32 Å². The number of nitrogens with one attached hydrogen (secondary N) is 1. The first-order valence-corrected chi connectivity index (χ1v) is 6.50. The van der Waals surface area contributed by atoms with Crippen molar-refractivity contribution < 1.29 is 14.7 Å². The lowest BCUT2D eigenvalue weighted by molar-refractivity contribution is -0.146. The van der Waals surface area contributed by atoms with Crippen LogP contribution in [0.25, 0.3) is 0 Å². The van der Waals surface area contributed by atoms with Crippen molar-refractivity contribution >= 4 is 33.6 Å². The molecule has 2 N–H and O–H groups in total. The fraction of sp³-hybridized carbons (Fsp3) is 0.385. The number of rotatable bonds is 3. The molecular formula is C13H17BrN2O3. The third-order valence-corrected chi connectivity index (χ3v) is 3.97. The van der Waals surface area contributed by atoms with Gasteiger partial charge in [0.15, 0.2) is 0 Å². The molecule has 0 saturated heterocycles. The van der Waals surface area contributed by atoms with Crippen molar-refractivity contribution in [2.75, 3.05) is 12.4 Å². The number of hydrogen-bond acceptors (Lipinski definition) is 2. The van der Waals surface area contributed by atoms with E-state index in [4.69, 9.17) is 5.11 Å². The fourth-order valence-corrected chi connectivity index (χ4v) is 1.57. The highest BCUT2D eigenvalue weighted by atomic mass is 79.9. The molecule has 0 unspecified atom stereocenters. The van der Waals surface area contributed by atoms with Crippen molar-refractivity contribution in [3.8, 4) is 0 Å². The lowest BCUT2D eigenvalue weighted by Crippen LogP contribution is -2.52. The number of aryl methyl sites for hydroxylation is 1. The Morgan fingerprint density at radius 3 is 2.42 bits per heavy atom. The second-order valence-corrected chi connectivity index (χ2v) is 5.67. The predicted molar refractivity (Wildman–Crippen MR) is 77.4 cm³/mol. The second kappa shape index (κ2) is 5.61. The minimum Gasteiger partial charge on any atom is -0.480 e. The molecule has 0 fully saturated rings. The van der Waals surface area contributed by atoms with Gasteiger partial charge in [-0.1, -0.05) is 15.9 Å². The zero-order valence-corrected chi connectivity index (χ0v) is 12.9. The Balaban J connectivity index is 2.85. The third kappa shape index (κ3) is 3.47. The predicted octanol–water partition coefficient (Wildman–Crippen LogP) is 3.08. The molecule has 104 valence electrons. The van der Waals surface area contributed by atoms with Crippen molar-refractivity contribution in [2.45, 2.75) is 26.3 Å². The van der Waals surface area contributed by atoms with E-state index >= 15 is 0 Å². The van der Waals surface area contributed by atoms with Crippen LogP contribution in [-0.4, -0.2) is 34.6 Å². The number of urea groups is 1. The Hall–Kier alpha value is -1.56. The Labute approximate surface area is 120 Å². The van der Waals surface area contributed by atoms with E-state index in [9.17, 15) is 9.59 Å². The summed E-state index contributed by atoms with van der Waals surface area (Å²) in [6, 6.07) is 4.92. The monoisotopic (exact) mass is 328 g/mol. The lowest BCUT2D eigenvalue weighted by Gasteiger charge is -2.31. The Morgan fingerprint density at radius 1 is 1.37 bits per heavy atom. The van der Waals surface area contributed by atoms with Gasteiger partial charge in [0.25, 0.3) is 0 Å². The van der Waals surface area contributed by atoms with E-state index in [1.165, 1.54) is 20.9 Å². The largest absolute Gasteiger partial charge is 0.480 e. The Kier molecular flexibility index (Phi) is 4.57. The van der Waals surface area contributed by atoms with Gasteiger partial charge in [-0.05, 0) is 44.5 Å². The molecule has 1 rings (SSSR count). The zero-order valence-electron chi connectivity index (χ0n) is 11.3. The molecule has 0 spiro atoms. The number of halogens is 1. The highest BCUT2D eigenvalue weighted by molar-refractivity contribution is 9.10. The SMILES string of the molecule is Cc1cc(NC(=O)N(C)C(C)(C)C(=O)O)ccc1Br. The van der Waals surface area contributed by atoms with Crippen molar-refractivity contribution in [2.24, 2.45) is 0 Å². The minimum atomic E-state index is -1.27. The molecule has 19 heavy (non-hydrogen) atoms. The van der Waals surface area contributed by atoms with Crippen LogP contribution >= 0.6 is 15.9 Å². The first kappa shape index (κ1) is 15.5. The maximum Gasteiger partial charge on any atom is 0.329 e. The van der Waals surface area contributed by atoms with E-state index < -0.39 is 17.5 Å². The maximum atomic E-state index is 12.0. The Morgan fingerprint density at radius 2 is 1.95 bits per heavy atom. The molecule has 6 heteroatoms. The van der Waals surface area contributed by atoms with Gasteiger partial charge in [0, 0.05) is 17.2 Å². The van der Waals surface area contributed by atoms with Gasteiger partial charge in [-0.25, -0.2) is 9.59 Å². The number of carboxylic acid groups (broad SMARTS) is 1. The van der Waals surface area contributed by atoms with Crippen LogP contribution in [0.2, 0.25) is 0 Å². The molecule has 1 aromatic carbocycles. The van der Waals surface area contributed by atoms with Crippen LogP contribution in [0.4, 0.5) is 10.5 Å². The second-order valence-electron chi connectivity index (χ2n) is 4.82. The summed E-state index contributed by atoms with van der Waals surface area (Å²) >= 11 is 3.37. The summed E-state index contributed by atoms with van der Waals surface area (Å²) in [5.41, 5.74) is 0.339. The smallest absolute Gasteiger partial charge is 0.329 e. The van der Waals surface area contributed by atoms with Gasteiger partial charge < -0.3 is 15.3 Å². The topological polar surface area (TPSA) is 69.6 Å². The third-order valence-electron chi connectivity index (χ3n) is 3.08. The molecule has 0 aromatic heterocycles. The highest BCUT2D eigenvalue weighted by Crippen LogP contribution is 2.21. The van der Waals surface area contributed by atoms with Gasteiger partial charge >= 0.3 is 12.0 Å². The molecule has 1 aromatic rings. The number of carboxylic acids is 1. The number of nitrogens with zero attached hydrogens (tertiary/aromatic N) is 1. The lowest BCUT2D eigenvalue weighted by atomic mass is 10.1. The zero-order chi connectivity index (χ0) is 14.8. The van der Waals surface area contributed by atoms with E-state index in [1.807, 2.05) is 19.1 Å². The van der Waals surface area contributed by atoms with E-state index in [0.717, 1.165) is 14.9 Å². The van der Waals surface area contributed by atoms with Crippen LogP contribution in [0.1, 0.15) is 19.4 Å². The number of carbonyl (C=O) groups is 2.